The van der Waals surface area contributed by atoms with Crippen molar-refractivity contribution in [2.24, 2.45) is 0 Å². The lowest BCUT2D eigenvalue weighted by atomic mass is 9.71. The summed E-state index contributed by atoms with van der Waals surface area (Å²) >= 11 is 0. The minimum absolute atomic E-state index is 0.0202. The van der Waals surface area contributed by atoms with Gasteiger partial charge in [0, 0.05) is 41.8 Å². The first kappa shape index (κ1) is 25.1. The highest BCUT2D eigenvalue weighted by molar-refractivity contribution is 6.04. The topological polar surface area (TPSA) is 88.1 Å². The number of Topliss-reactive ketones (excluding diaryl/α,β-unsaturated/α-hetero) is 1. The molecule has 0 saturated carbocycles. The number of piperidine rings is 1. The smallest absolute Gasteiger partial charge is 0.337 e. The molecule has 0 unspecified atom stereocenters. The molecule has 2 N–H and O–H groups in total. The molecule has 3 atom stereocenters. The maximum Gasteiger partial charge on any atom is 0.337 e. The van der Waals surface area contributed by atoms with Gasteiger partial charge in [0.1, 0.15) is 17.6 Å². The monoisotopic (exact) mass is 502 g/mol. The van der Waals surface area contributed by atoms with Gasteiger partial charge in [0.05, 0.1) is 12.7 Å². The minimum Gasteiger partial charge on any atom is -0.508 e. The van der Waals surface area contributed by atoms with Crippen LogP contribution in [0, 0.1) is 0 Å². The number of esters is 1. The van der Waals surface area contributed by atoms with Crippen molar-refractivity contribution in [1.82, 2.24) is 10.2 Å². The van der Waals surface area contributed by atoms with E-state index in [0.29, 0.717) is 41.8 Å². The maximum atomic E-state index is 13.8. The average Bonchev–Trinajstić information content (AvgIpc) is 2.87. The van der Waals surface area contributed by atoms with Crippen LogP contribution in [-0.4, -0.2) is 55.1 Å². The molecule has 1 fully saturated rings. The van der Waals surface area contributed by atoms with Gasteiger partial charge in [-0.3, -0.25) is 4.79 Å². The number of likely N-dealkylation sites (tertiary alicyclic amines) is 1. The van der Waals surface area contributed by atoms with E-state index < -0.39 is 11.9 Å². The fourth-order valence-corrected chi connectivity index (χ4v) is 6.00. The molecular formula is C30H34N2O5. The molecule has 7 heteroatoms. The molecule has 3 aliphatic rings. The van der Waals surface area contributed by atoms with Crippen molar-refractivity contribution in [3.05, 3.63) is 82.2 Å². The highest BCUT2D eigenvalue weighted by Gasteiger charge is 2.42. The molecule has 1 aliphatic carbocycles. The van der Waals surface area contributed by atoms with Crippen LogP contribution < -0.4 is 10.1 Å². The fourth-order valence-electron chi connectivity index (χ4n) is 6.00. The molecule has 2 aliphatic heterocycles. The number of phenolic OH excluding ortho intramolecular Hbond substituents is 1. The van der Waals surface area contributed by atoms with Crippen molar-refractivity contribution in [2.45, 2.75) is 50.5 Å². The molecule has 2 aromatic rings. The lowest BCUT2D eigenvalue weighted by Crippen LogP contribution is -2.40. The van der Waals surface area contributed by atoms with Gasteiger partial charge in [-0.25, -0.2) is 4.79 Å². The van der Waals surface area contributed by atoms with Crippen LogP contribution in [0.3, 0.4) is 0 Å². The highest BCUT2D eigenvalue weighted by Crippen LogP contribution is 2.47. The number of nitrogens with one attached hydrogen (secondary N) is 1. The first-order chi connectivity index (χ1) is 17.9. The molecule has 7 nitrogen and oxygen atoms in total. The summed E-state index contributed by atoms with van der Waals surface area (Å²) in [7, 11) is 3.66. The number of para-hydroxylation sites is 1. The molecule has 0 aromatic heterocycles. The van der Waals surface area contributed by atoms with E-state index in [4.69, 9.17) is 9.47 Å². The maximum absolute atomic E-state index is 13.8. The predicted molar refractivity (Wildman–Crippen MR) is 140 cm³/mol. The minimum atomic E-state index is -0.608. The molecule has 37 heavy (non-hydrogen) atoms. The molecule has 2 heterocycles. The summed E-state index contributed by atoms with van der Waals surface area (Å²) < 4.78 is 11.6. The summed E-state index contributed by atoms with van der Waals surface area (Å²) in [4.78, 5) is 29.6. The fraction of sp³-hybridized carbons (Fsp3) is 0.400. The van der Waals surface area contributed by atoms with Crippen LogP contribution in [0.4, 0.5) is 0 Å². The second-order valence-corrected chi connectivity index (χ2v) is 10.3. The number of ketones is 1. The van der Waals surface area contributed by atoms with Crippen LogP contribution in [0.1, 0.15) is 55.6 Å². The zero-order valence-corrected chi connectivity index (χ0v) is 21.6. The van der Waals surface area contributed by atoms with Gasteiger partial charge in [0.25, 0.3) is 0 Å². The number of ether oxygens (including phenoxy) is 2. The summed E-state index contributed by atoms with van der Waals surface area (Å²) in [5.74, 6) is -0.230. The molecular weight excluding hydrogens is 468 g/mol. The van der Waals surface area contributed by atoms with Gasteiger partial charge in [-0.05, 0) is 69.1 Å². The van der Waals surface area contributed by atoms with Gasteiger partial charge in [0.15, 0.2) is 5.78 Å². The number of likely N-dealkylation sites (N-methyl/N-ethyl adjacent to an activating group) is 1. The first-order valence-electron chi connectivity index (χ1n) is 12.9. The third kappa shape index (κ3) is 5.01. The van der Waals surface area contributed by atoms with Gasteiger partial charge in [-0.15, -0.1) is 0 Å². The van der Waals surface area contributed by atoms with Crippen LogP contribution in [0.25, 0.3) is 0 Å². The number of hydrogen-bond acceptors (Lipinski definition) is 7. The molecule has 1 saturated heterocycles. The second-order valence-electron chi connectivity index (χ2n) is 10.3. The number of aromatic hydroxyl groups is 1. The molecule has 0 bridgehead atoms. The Balaban J connectivity index is 1.53. The largest absolute Gasteiger partial charge is 0.508 e. The lowest BCUT2D eigenvalue weighted by molar-refractivity contribution is -0.147. The number of nitrogens with zero attached hydrogens (tertiary/aromatic N) is 1. The Morgan fingerprint density at radius 3 is 2.70 bits per heavy atom. The summed E-state index contributed by atoms with van der Waals surface area (Å²) in [6, 6.07) is 14.6. The molecule has 0 spiro atoms. The van der Waals surface area contributed by atoms with E-state index in [1.54, 1.807) is 25.3 Å². The van der Waals surface area contributed by atoms with E-state index in [1.807, 2.05) is 44.3 Å². The van der Waals surface area contributed by atoms with Crippen LogP contribution in [0.15, 0.2) is 71.1 Å². The Kier molecular flexibility index (Phi) is 7.07. The quantitative estimate of drug-likeness (QED) is 0.586. The number of phenols is 1. The van der Waals surface area contributed by atoms with Crippen LogP contribution in [-0.2, 0) is 14.3 Å². The third-order valence-electron chi connectivity index (χ3n) is 7.68. The van der Waals surface area contributed by atoms with Gasteiger partial charge < -0.3 is 24.8 Å². The standard InChI is InChI=1S/C30H34N2O5/c1-18-27(30(35)37-22-10-7-13-32(2)17-22)28(19-8-6-9-21(33)14-19)29-24(31-18)15-20(16-25(29)34)23-11-4-5-12-26(23)36-3/h4-6,8-9,11-12,14,20,22,28,31,33H,7,10,13,15-17H2,1-3H3/t20-,22-,28-/m1/s1. The Hall–Kier alpha value is -3.58. The average molecular weight is 503 g/mol. The van der Waals surface area contributed by atoms with Crippen molar-refractivity contribution >= 4 is 11.8 Å². The van der Waals surface area contributed by atoms with Crippen molar-refractivity contribution in [1.29, 1.82) is 0 Å². The summed E-state index contributed by atoms with van der Waals surface area (Å²) in [5, 5.41) is 13.7. The van der Waals surface area contributed by atoms with E-state index in [9.17, 15) is 14.7 Å². The number of carbonyl (C=O) groups is 2. The zero-order valence-electron chi connectivity index (χ0n) is 21.6. The second kappa shape index (κ2) is 10.4. The van der Waals surface area contributed by atoms with Crippen molar-refractivity contribution in [3.63, 3.8) is 0 Å². The van der Waals surface area contributed by atoms with Crippen LogP contribution in [0.2, 0.25) is 0 Å². The van der Waals surface area contributed by atoms with Crippen molar-refractivity contribution < 1.29 is 24.2 Å². The Morgan fingerprint density at radius 2 is 1.95 bits per heavy atom. The number of benzene rings is 2. The Labute approximate surface area is 217 Å². The van der Waals surface area contributed by atoms with Crippen molar-refractivity contribution in [3.8, 4) is 11.5 Å². The summed E-state index contributed by atoms with van der Waals surface area (Å²) in [6.45, 7) is 3.54. The number of methoxy groups -OCH3 is 1. The number of hydrogen-bond donors (Lipinski definition) is 2. The molecule has 0 radical (unpaired) electrons. The zero-order chi connectivity index (χ0) is 26.1. The van der Waals surface area contributed by atoms with Gasteiger partial charge >= 0.3 is 5.97 Å². The first-order valence-corrected chi connectivity index (χ1v) is 12.9. The van der Waals surface area contributed by atoms with E-state index in [0.717, 1.165) is 36.4 Å². The van der Waals surface area contributed by atoms with Gasteiger partial charge in [-0.1, -0.05) is 30.3 Å². The molecule has 5 rings (SSSR count). The SMILES string of the molecule is COc1ccccc1[C@H]1CC(=O)C2=C(C1)NC(C)=C(C(=O)O[C@@H]1CCCN(C)C1)[C@H]2c1cccc(O)c1. The third-order valence-corrected chi connectivity index (χ3v) is 7.68. The van der Waals surface area contributed by atoms with Gasteiger partial charge in [0.2, 0.25) is 0 Å². The van der Waals surface area contributed by atoms with E-state index in [-0.39, 0.29) is 23.6 Å². The number of allylic oxidation sites excluding steroid dienone is 3. The van der Waals surface area contributed by atoms with Gasteiger partial charge in [-0.2, -0.15) is 0 Å². The number of carbonyl (C=O) groups excluding carboxylic acids is 2. The summed E-state index contributed by atoms with van der Waals surface area (Å²) in [5.41, 5.74) is 4.19. The van der Waals surface area contributed by atoms with Crippen LogP contribution >= 0.6 is 0 Å². The normalized spacial score (nSPS) is 24.4. The van der Waals surface area contributed by atoms with E-state index in [2.05, 4.69) is 10.2 Å². The highest BCUT2D eigenvalue weighted by atomic mass is 16.5. The lowest BCUT2D eigenvalue weighted by Gasteiger charge is -2.37. The van der Waals surface area contributed by atoms with E-state index in [1.165, 1.54) is 0 Å². The van der Waals surface area contributed by atoms with Crippen LogP contribution in [0.5, 0.6) is 11.5 Å². The van der Waals surface area contributed by atoms with Crippen molar-refractivity contribution in [2.75, 3.05) is 27.2 Å². The number of dihydropyridines is 1. The Bertz CT molecular complexity index is 1280. The molecule has 0 amide bonds. The molecule has 2 aromatic carbocycles. The molecule has 194 valence electrons. The predicted octanol–water partition coefficient (Wildman–Crippen LogP) is 4.40. The summed E-state index contributed by atoms with van der Waals surface area (Å²) in [6.07, 6.45) is 2.53. The number of rotatable bonds is 5. The Morgan fingerprint density at radius 1 is 1.14 bits per heavy atom. The van der Waals surface area contributed by atoms with E-state index >= 15 is 0 Å².